The monoisotopic (exact) mass is 299 g/mol. The van der Waals surface area contributed by atoms with Crippen LogP contribution in [0.2, 0.25) is 0 Å². The molecule has 0 amide bonds. The first-order chi connectivity index (χ1) is 10.2. The Hall–Kier alpha value is -2.14. The van der Waals surface area contributed by atoms with Gasteiger partial charge in [-0.2, -0.15) is 5.10 Å². The number of methoxy groups -OCH3 is 1. The summed E-state index contributed by atoms with van der Waals surface area (Å²) < 4.78 is 5.19. The lowest BCUT2D eigenvalue weighted by Crippen LogP contribution is -2.37. The molecule has 0 aromatic heterocycles. The number of thiocarbonyl (C=S) groups is 1. The van der Waals surface area contributed by atoms with E-state index in [4.69, 9.17) is 22.7 Å². The van der Waals surface area contributed by atoms with Gasteiger partial charge in [0.15, 0.2) is 5.11 Å². The molecule has 0 fully saturated rings. The summed E-state index contributed by atoms with van der Waals surface area (Å²) in [4.78, 5) is 0. The number of hydrazone groups is 1. The van der Waals surface area contributed by atoms with E-state index in [1.807, 2.05) is 24.3 Å². The maximum atomic E-state index is 5.82. The van der Waals surface area contributed by atoms with Crippen molar-refractivity contribution in [2.24, 2.45) is 10.8 Å². The van der Waals surface area contributed by atoms with Gasteiger partial charge in [-0.1, -0.05) is 18.2 Å². The Morgan fingerprint density at radius 3 is 2.71 bits per heavy atom. The summed E-state index contributed by atoms with van der Waals surface area (Å²) in [5, 5.41) is 6.69. The zero-order chi connectivity index (χ0) is 14.8. The van der Waals surface area contributed by atoms with Crippen molar-refractivity contribution in [3.05, 3.63) is 53.6 Å². The van der Waals surface area contributed by atoms with Gasteiger partial charge < -0.3 is 10.5 Å². The van der Waals surface area contributed by atoms with E-state index in [0.29, 0.717) is 5.11 Å². The fourth-order valence-electron chi connectivity index (χ4n) is 2.67. The maximum Gasteiger partial charge on any atom is 0.187 e. The van der Waals surface area contributed by atoms with Crippen molar-refractivity contribution >= 4 is 23.0 Å². The summed E-state index contributed by atoms with van der Waals surface area (Å²) >= 11 is 5.14. The molecule has 0 bridgehead atoms. The average molecular weight is 299 g/mol. The molecular weight excluding hydrogens is 282 g/mol. The zero-order valence-corrected chi connectivity index (χ0v) is 12.6. The Morgan fingerprint density at radius 2 is 2.14 bits per heavy atom. The summed E-state index contributed by atoms with van der Waals surface area (Å²) in [7, 11) is 1.66. The van der Waals surface area contributed by atoms with Crippen molar-refractivity contribution in [2.45, 2.75) is 18.9 Å². The van der Waals surface area contributed by atoms with Crippen molar-refractivity contribution in [2.75, 3.05) is 7.11 Å². The topological polar surface area (TPSA) is 50.8 Å². The quantitative estimate of drug-likeness (QED) is 0.872. The molecule has 1 unspecified atom stereocenters. The highest BCUT2D eigenvalue weighted by Gasteiger charge is 2.31. The smallest absolute Gasteiger partial charge is 0.187 e. The number of hydrogen-bond donors (Lipinski definition) is 1. The van der Waals surface area contributed by atoms with E-state index in [1.54, 1.807) is 12.1 Å². The van der Waals surface area contributed by atoms with Crippen LogP contribution in [0, 0.1) is 0 Å². The highest BCUT2D eigenvalue weighted by molar-refractivity contribution is 7.80. The van der Waals surface area contributed by atoms with Gasteiger partial charge in [0.05, 0.1) is 18.9 Å². The van der Waals surface area contributed by atoms with Gasteiger partial charge in [0.1, 0.15) is 5.75 Å². The van der Waals surface area contributed by atoms with Crippen molar-refractivity contribution in [1.82, 2.24) is 5.01 Å². The van der Waals surface area contributed by atoms with E-state index in [0.717, 1.165) is 29.9 Å². The third kappa shape index (κ3) is 2.69. The van der Waals surface area contributed by atoms with Gasteiger partial charge in [-0.15, -0.1) is 0 Å². The van der Waals surface area contributed by atoms with Crippen LogP contribution in [0.15, 0.2) is 53.2 Å². The third-order valence-electron chi connectivity index (χ3n) is 3.79. The van der Waals surface area contributed by atoms with Crippen LogP contribution in [-0.2, 0) is 0 Å². The van der Waals surface area contributed by atoms with E-state index in [1.165, 1.54) is 5.57 Å². The molecule has 21 heavy (non-hydrogen) atoms. The van der Waals surface area contributed by atoms with E-state index < -0.39 is 0 Å². The molecule has 0 saturated heterocycles. The summed E-state index contributed by atoms with van der Waals surface area (Å²) in [5.41, 5.74) is 9.20. The van der Waals surface area contributed by atoms with Gasteiger partial charge in [-0.3, -0.25) is 0 Å². The number of hydrogen-bond acceptors (Lipinski definition) is 3. The lowest BCUT2D eigenvalue weighted by atomic mass is 9.98. The van der Waals surface area contributed by atoms with Crippen LogP contribution in [0.3, 0.4) is 0 Å². The van der Waals surface area contributed by atoms with Gasteiger partial charge in [-0.25, -0.2) is 5.01 Å². The highest BCUT2D eigenvalue weighted by Crippen LogP contribution is 2.29. The normalized spacial score (nSPS) is 20.4. The molecule has 4 nitrogen and oxygen atoms in total. The predicted octanol–water partition coefficient (Wildman–Crippen LogP) is 2.60. The first-order valence-electron chi connectivity index (χ1n) is 6.85. The van der Waals surface area contributed by atoms with Crippen LogP contribution in [0.5, 0.6) is 5.75 Å². The summed E-state index contributed by atoms with van der Waals surface area (Å²) in [6, 6.07) is 8.03. The van der Waals surface area contributed by atoms with E-state index >= 15 is 0 Å². The molecular formula is C16H17N3OS. The molecule has 1 aromatic carbocycles. The van der Waals surface area contributed by atoms with Crippen molar-refractivity contribution in [3.8, 4) is 5.75 Å². The fraction of sp³-hybridized carbons (Fsp3) is 0.250. The number of benzene rings is 1. The molecule has 1 atom stereocenters. The van der Waals surface area contributed by atoms with Crippen LogP contribution < -0.4 is 10.5 Å². The predicted molar refractivity (Wildman–Crippen MR) is 88.4 cm³/mol. The summed E-state index contributed by atoms with van der Waals surface area (Å²) in [6.45, 7) is 0. The van der Waals surface area contributed by atoms with Crippen molar-refractivity contribution < 1.29 is 4.74 Å². The number of nitrogens with zero attached hydrogens (tertiary/aromatic N) is 2. The number of allylic oxidation sites excluding steroid dienone is 3. The molecule has 3 rings (SSSR count). The second-order valence-corrected chi connectivity index (χ2v) is 5.47. The lowest BCUT2D eigenvalue weighted by Gasteiger charge is -2.22. The molecule has 108 valence electrons. The highest BCUT2D eigenvalue weighted by atomic mass is 32.1. The van der Waals surface area contributed by atoms with E-state index in [-0.39, 0.29) is 6.04 Å². The molecule has 1 aliphatic heterocycles. The van der Waals surface area contributed by atoms with Gasteiger partial charge in [0.2, 0.25) is 0 Å². The molecule has 2 N–H and O–H groups in total. The van der Waals surface area contributed by atoms with Crippen LogP contribution >= 0.6 is 12.2 Å². The molecule has 1 aromatic rings. The third-order valence-corrected chi connectivity index (χ3v) is 3.97. The second-order valence-electron chi connectivity index (χ2n) is 5.05. The first-order valence-corrected chi connectivity index (χ1v) is 7.26. The Labute approximate surface area is 129 Å². The van der Waals surface area contributed by atoms with Crippen LogP contribution in [0.1, 0.15) is 18.4 Å². The van der Waals surface area contributed by atoms with Gasteiger partial charge >= 0.3 is 0 Å². The van der Waals surface area contributed by atoms with Crippen molar-refractivity contribution in [1.29, 1.82) is 0 Å². The van der Waals surface area contributed by atoms with Crippen molar-refractivity contribution in [3.63, 3.8) is 0 Å². The maximum absolute atomic E-state index is 5.82. The Bertz CT molecular complexity index is 646. The Morgan fingerprint density at radius 1 is 1.38 bits per heavy atom. The Balaban J connectivity index is 1.86. The molecule has 2 aliphatic rings. The summed E-state index contributed by atoms with van der Waals surface area (Å²) in [5.74, 6) is 0.836. The standard InChI is InChI=1S/C16H17N3OS/c1-20-13-8-6-11(7-9-13)14-10-15(12-4-2-3-5-12)19(18-14)16(17)21/h2-4,6-9,15H,5,10H2,1H3,(H2,17,21). The van der Waals surface area contributed by atoms with Crippen LogP contribution in [0.4, 0.5) is 0 Å². The van der Waals surface area contributed by atoms with Gasteiger partial charge in [-0.05, 0) is 54.0 Å². The lowest BCUT2D eigenvalue weighted by molar-refractivity contribution is 0.401. The average Bonchev–Trinajstić information content (AvgIpc) is 3.16. The summed E-state index contributed by atoms with van der Waals surface area (Å²) in [6.07, 6.45) is 8.09. The molecule has 1 heterocycles. The van der Waals surface area contributed by atoms with Gasteiger partial charge in [0.25, 0.3) is 0 Å². The van der Waals surface area contributed by atoms with E-state index in [9.17, 15) is 0 Å². The van der Waals surface area contributed by atoms with Crippen LogP contribution in [-0.4, -0.2) is 29.0 Å². The molecule has 1 aliphatic carbocycles. The first kappa shape index (κ1) is 13.8. The number of nitrogens with two attached hydrogens (primary N) is 1. The molecule has 0 radical (unpaired) electrons. The van der Waals surface area contributed by atoms with E-state index in [2.05, 4.69) is 23.3 Å². The molecule has 0 spiro atoms. The van der Waals surface area contributed by atoms with Crippen LogP contribution in [0.25, 0.3) is 0 Å². The Kier molecular flexibility index (Phi) is 3.75. The molecule has 5 heteroatoms. The SMILES string of the molecule is COc1ccc(C2=NN(C(N)=S)C(C3=CC=CC3)C2)cc1. The van der Waals surface area contributed by atoms with Gasteiger partial charge in [0, 0.05) is 6.42 Å². The number of rotatable bonds is 3. The largest absolute Gasteiger partial charge is 0.497 e. The second kappa shape index (κ2) is 5.69. The minimum Gasteiger partial charge on any atom is -0.497 e. The number of ether oxygens (including phenoxy) is 1. The molecule has 0 saturated carbocycles. The minimum atomic E-state index is 0.134. The minimum absolute atomic E-state index is 0.134. The zero-order valence-electron chi connectivity index (χ0n) is 11.8. The fourth-order valence-corrected chi connectivity index (χ4v) is 2.84.